The van der Waals surface area contributed by atoms with Crippen LogP contribution < -0.4 is 29.8 Å². The number of aromatic nitrogens is 1. The Kier molecular flexibility index (Phi) is 11.4. The Morgan fingerprint density at radius 1 is 1.06 bits per heavy atom. The third kappa shape index (κ3) is 8.20. The second-order valence-corrected chi connectivity index (χ2v) is 12.4. The van der Waals surface area contributed by atoms with Crippen LogP contribution in [-0.4, -0.2) is 62.0 Å². The minimum Gasteiger partial charge on any atom is -0.489 e. The average Bonchev–Trinajstić information content (AvgIpc) is 3.35. The lowest BCUT2D eigenvalue weighted by Crippen LogP contribution is -2.28. The molecule has 1 atom stereocenters. The minimum absolute atomic E-state index is 0.0118. The van der Waals surface area contributed by atoms with Gasteiger partial charge in [0.05, 0.1) is 23.6 Å². The van der Waals surface area contributed by atoms with E-state index < -0.39 is 40.5 Å². The molecule has 1 aromatic heterocycles. The summed E-state index contributed by atoms with van der Waals surface area (Å²) >= 11 is 0. The Balaban J connectivity index is 1.17. The molecular formula is C38H37F2N5O7. The number of carbonyl (C=O) groups excluding carboxylic acids is 1. The second-order valence-electron chi connectivity index (χ2n) is 12.4. The van der Waals surface area contributed by atoms with Crippen molar-refractivity contribution in [3.05, 3.63) is 105 Å². The highest BCUT2D eigenvalue weighted by Gasteiger charge is 2.32. The number of pyridine rings is 1. The Morgan fingerprint density at radius 3 is 2.65 bits per heavy atom. The van der Waals surface area contributed by atoms with E-state index in [4.69, 9.17) is 18.9 Å². The van der Waals surface area contributed by atoms with Gasteiger partial charge < -0.3 is 29.2 Å². The maximum absolute atomic E-state index is 15.5. The molecule has 1 amide bonds. The number of nitrogens with one attached hydrogen (secondary N) is 1. The number of fused-ring (bicyclic) bond motifs is 3. The number of amides is 1. The lowest BCUT2D eigenvalue weighted by Gasteiger charge is -2.29. The monoisotopic (exact) mass is 713 g/mol. The first kappa shape index (κ1) is 36.0. The molecule has 14 heteroatoms. The van der Waals surface area contributed by atoms with Crippen molar-refractivity contribution in [2.24, 2.45) is 10.2 Å². The third-order valence-electron chi connectivity index (χ3n) is 8.42. The number of ether oxygens (including phenoxy) is 4. The van der Waals surface area contributed by atoms with Gasteiger partial charge in [-0.05, 0) is 69.0 Å². The predicted molar refractivity (Wildman–Crippen MR) is 193 cm³/mol. The summed E-state index contributed by atoms with van der Waals surface area (Å²) in [4.78, 5) is 44.8. The van der Waals surface area contributed by atoms with Gasteiger partial charge in [0.15, 0.2) is 23.1 Å². The maximum atomic E-state index is 15.5. The smallest absolute Gasteiger partial charge is 0.270 e. The molecule has 52 heavy (non-hydrogen) atoms. The molecule has 1 aliphatic carbocycles. The van der Waals surface area contributed by atoms with E-state index >= 15 is 4.39 Å². The van der Waals surface area contributed by atoms with Crippen LogP contribution in [0.25, 0.3) is 5.70 Å². The largest absolute Gasteiger partial charge is 0.489 e. The number of hydrogen-bond acceptors (Lipinski definition) is 10. The molecule has 0 bridgehead atoms. The van der Waals surface area contributed by atoms with Crippen LogP contribution >= 0.6 is 0 Å². The fourth-order valence-corrected chi connectivity index (χ4v) is 5.91. The van der Waals surface area contributed by atoms with Crippen LogP contribution in [0.3, 0.4) is 0 Å². The molecule has 0 saturated carbocycles. The summed E-state index contributed by atoms with van der Waals surface area (Å²) in [6, 6.07) is 6.72. The van der Waals surface area contributed by atoms with Crippen LogP contribution in [0.15, 0.2) is 87.4 Å². The molecule has 12 nitrogen and oxygen atoms in total. The van der Waals surface area contributed by atoms with Crippen LogP contribution in [0.5, 0.6) is 23.0 Å². The molecule has 0 saturated heterocycles. The fourth-order valence-electron chi connectivity index (χ4n) is 5.91. The standard InChI is InChI=1S/C38H37F2N5O7/c1-44(2)17-5-3-4-6-19-49-32-23-29-33(36-35(32)50-20-21-51-36)31(14-16-41-29)52-30-13-11-25(22-27(30)40)42-37(46)34-28(43-48)15-18-45(38(34)47)26-9-7-8-24(39)10-12-26/h8-13,15-16,18,22-23,31H,3-6,14,17,19-21H2,1-2H3,(H,42,46). The lowest BCUT2D eigenvalue weighted by molar-refractivity contribution is 0.102. The maximum Gasteiger partial charge on any atom is 0.270 e. The molecule has 2 aromatic carbocycles. The first-order valence-corrected chi connectivity index (χ1v) is 16.9. The van der Waals surface area contributed by atoms with Crippen molar-refractivity contribution in [1.29, 1.82) is 0 Å². The van der Waals surface area contributed by atoms with Gasteiger partial charge in [0, 0.05) is 48.8 Å². The quantitative estimate of drug-likeness (QED) is 0.103. The van der Waals surface area contributed by atoms with Gasteiger partial charge in [-0.15, -0.1) is 10.6 Å². The number of carbonyl (C=O) groups is 1. The van der Waals surface area contributed by atoms with Crippen LogP contribution in [0, 0.1) is 10.7 Å². The summed E-state index contributed by atoms with van der Waals surface area (Å²) in [5.41, 5.74) is 2.01. The molecule has 3 aromatic rings. The van der Waals surface area contributed by atoms with Crippen LogP contribution in [0.4, 0.5) is 25.8 Å². The zero-order valence-corrected chi connectivity index (χ0v) is 28.7. The number of nitroso groups, excluding NO2 is 1. The molecule has 6 rings (SSSR count). The summed E-state index contributed by atoms with van der Waals surface area (Å²) in [5.74, 6) is -1.08. The summed E-state index contributed by atoms with van der Waals surface area (Å²) < 4.78 is 54.5. The first-order valence-electron chi connectivity index (χ1n) is 16.9. The zero-order valence-electron chi connectivity index (χ0n) is 28.7. The van der Waals surface area contributed by atoms with Gasteiger partial charge in [0.25, 0.3) is 11.5 Å². The normalized spacial score (nSPS) is 15.8. The van der Waals surface area contributed by atoms with Crippen LogP contribution in [0.1, 0.15) is 54.1 Å². The number of rotatable bonds is 14. The Morgan fingerprint density at radius 2 is 1.87 bits per heavy atom. The van der Waals surface area contributed by atoms with E-state index in [2.05, 4.69) is 40.2 Å². The summed E-state index contributed by atoms with van der Waals surface area (Å²) in [6.45, 7) is 2.21. The molecule has 0 spiro atoms. The second kappa shape index (κ2) is 16.4. The van der Waals surface area contributed by atoms with Gasteiger partial charge in [-0.25, -0.2) is 8.78 Å². The number of unbranched alkanes of at least 4 members (excludes halogenated alkanes) is 3. The zero-order chi connectivity index (χ0) is 36.6. The number of hydrogen-bond donors (Lipinski definition) is 1. The van der Waals surface area contributed by atoms with E-state index in [-0.39, 0.29) is 17.1 Å². The lowest BCUT2D eigenvalue weighted by atomic mass is 9.99. The number of aliphatic imine (C=N–C) groups is 1. The van der Waals surface area contributed by atoms with Crippen molar-refractivity contribution >= 4 is 34.9 Å². The molecule has 1 unspecified atom stereocenters. The van der Waals surface area contributed by atoms with Crippen molar-refractivity contribution in [3.8, 4) is 23.0 Å². The van der Waals surface area contributed by atoms with Gasteiger partial charge in [-0.2, -0.15) is 0 Å². The SMILES string of the molecule is CN(C)CCCCCCOc1cc2c(c3c1OCCO3)C(Oc1ccc(NC(=O)c3c(N=O)ccn(C4=CC=C(F)C=C=C4)c3=O)cc1F)CC=N2. The van der Waals surface area contributed by atoms with Crippen molar-refractivity contribution < 1.29 is 32.5 Å². The minimum atomic E-state index is -0.999. The van der Waals surface area contributed by atoms with E-state index in [0.717, 1.165) is 55.0 Å². The number of nitrogens with zero attached hydrogens (tertiary/aromatic N) is 4. The van der Waals surface area contributed by atoms with Gasteiger partial charge in [0.1, 0.15) is 36.4 Å². The fraction of sp³-hybridized carbons (Fsp3) is 0.316. The highest BCUT2D eigenvalue weighted by atomic mass is 19.1. The van der Waals surface area contributed by atoms with Crippen LogP contribution in [0.2, 0.25) is 0 Å². The van der Waals surface area contributed by atoms with Gasteiger partial charge >= 0.3 is 0 Å². The van der Waals surface area contributed by atoms with E-state index in [9.17, 15) is 18.9 Å². The highest BCUT2D eigenvalue weighted by Crippen LogP contribution is 2.51. The van der Waals surface area contributed by atoms with Crippen molar-refractivity contribution in [2.45, 2.75) is 38.2 Å². The molecule has 3 aliphatic rings. The van der Waals surface area contributed by atoms with Gasteiger partial charge in [-0.3, -0.25) is 19.1 Å². The molecule has 2 aliphatic heterocycles. The molecule has 0 radical (unpaired) electrons. The molecule has 1 N–H and O–H groups in total. The molecule has 3 heterocycles. The van der Waals surface area contributed by atoms with E-state index in [1.807, 2.05) is 0 Å². The first-order chi connectivity index (χ1) is 25.2. The van der Waals surface area contributed by atoms with Crippen molar-refractivity contribution in [3.63, 3.8) is 0 Å². The van der Waals surface area contributed by atoms with Gasteiger partial charge in [0.2, 0.25) is 5.75 Å². The van der Waals surface area contributed by atoms with E-state index in [0.29, 0.717) is 54.7 Å². The number of anilines is 1. The molecule has 270 valence electrons. The van der Waals surface area contributed by atoms with E-state index in [1.165, 1.54) is 36.5 Å². The van der Waals surface area contributed by atoms with Crippen molar-refractivity contribution in [2.75, 3.05) is 45.8 Å². The number of allylic oxidation sites excluding steroid dienone is 5. The predicted octanol–water partition coefficient (Wildman–Crippen LogP) is 7.55. The Hall–Kier alpha value is -5.85. The summed E-state index contributed by atoms with van der Waals surface area (Å²) in [6.07, 6.45) is 11.6. The molecular weight excluding hydrogens is 676 g/mol. The third-order valence-corrected chi connectivity index (χ3v) is 8.42. The summed E-state index contributed by atoms with van der Waals surface area (Å²) in [5, 5.41) is 5.26. The van der Waals surface area contributed by atoms with E-state index in [1.54, 1.807) is 12.3 Å². The topological polar surface area (TPSA) is 133 Å². The number of benzene rings is 2. The van der Waals surface area contributed by atoms with Crippen molar-refractivity contribution in [1.82, 2.24) is 9.47 Å². The molecule has 0 fully saturated rings. The average molecular weight is 714 g/mol. The Labute approximate surface area is 298 Å². The van der Waals surface area contributed by atoms with Gasteiger partial charge in [-0.1, -0.05) is 12.8 Å². The Bertz CT molecular complexity index is 2080. The highest BCUT2D eigenvalue weighted by molar-refractivity contribution is 6.07. The summed E-state index contributed by atoms with van der Waals surface area (Å²) in [7, 11) is 4.13. The van der Waals surface area contributed by atoms with Crippen LogP contribution in [-0.2, 0) is 0 Å². The number of halogens is 2.